The van der Waals surface area contributed by atoms with E-state index in [1.165, 1.54) is 0 Å². The van der Waals surface area contributed by atoms with E-state index in [1.54, 1.807) is 0 Å². The van der Waals surface area contributed by atoms with Crippen molar-refractivity contribution in [2.24, 2.45) is 5.84 Å². The van der Waals surface area contributed by atoms with Crippen LogP contribution in [0.15, 0.2) is 30.3 Å². The number of hydrogen-bond acceptors (Lipinski definition) is 5. The second-order valence-corrected chi connectivity index (χ2v) is 4.33. The molecule has 0 bridgehead atoms. The number of para-hydroxylation sites is 1. The van der Waals surface area contributed by atoms with Gasteiger partial charge in [0.15, 0.2) is 0 Å². The number of aromatic nitrogens is 2. The van der Waals surface area contributed by atoms with Crippen LogP contribution < -0.4 is 16.2 Å². The zero-order chi connectivity index (χ0) is 13.8. The Kier molecular flexibility index (Phi) is 3.97. The molecule has 0 aliphatic rings. The molecule has 0 amide bonds. The summed E-state index contributed by atoms with van der Waals surface area (Å²) in [6, 6.07) is 10.1. The second-order valence-electron chi connectivity index (χ2n) is 4.33. The van der Waals surface area contributed by atoms with Crippen molar-refractivity contribution in [3.63, 3.8) is 0 Å². The first-order chi connectivity index (χ1) is 9.17. The Morgan fingerprint density at radius 3 is 2.47 bits per heavy atom. The number of nitrogens with zero attached hydrogens (tertiary/aromatic N) is 3. The molecule has 0 aliphatic carbocycles. The van der Waals surface area contributed by atoms with Gasteiger partial charge in [-0.25, -0.2) is 15.8 Å². The maximum atomic E-state index is 5.52. The summed E-state index contributed by atoms with van der Waals surface area (Å²) < 4.78 is 0. The molecule has 1 aromatic heterocycles. The lowest BCUT2D eigenvalue weighted by atomic mass is 10.2. The number of nitrogen functional groups attached to an aromatic ring is 1. The molecule has 2 rings (SSSR count). The van der Waals surface area contributed by atoms with Crippen LogP contribution >= 0.6 is 0 Å². The van der Waals surface area contributed by atoms with Crippen molar-refractivity contribution >= 4 is 17.3 Å². The highest BCUT2D eigenvalue weighted by Crippen LogP contribution is 2.27. The fraction of sp³-hybridized carbons (Fsp3) is 0.286. The Bertz CT molecular complexity index is 553. The molecule has 19 heavy (non-hydrogen) atoms. The molecular weight excluding hydrogens is 238 g/mol. The minimum absolute atomic E-state index is 0.671. The first-order valence-corrected chi connectivity index (χ1v) is 6.30. The molecule has 5 nitrogen and oxygen atoms in total. The third kappa shape index (κ3) is 2.66. The Morgan fingerprint density at radius 2 is 1.89 bits per heavy atom. The van der Waals surface area contributed by atoms with E-state index in [4.69, 9.17) is 5.84 Å². The first-order valence-electron chi connectivity index (χ1n) is 6.30. The van der Waals surface area contributed by atoms with E-state index in [-0.39, 0.29) is 0 Å². The SMILES string of the molecule is CCc1nc(NN)c(C)c(N(C)c2ccccc2)n1. The number of nitrogens with two attached hydrogens (primary N) is 1. The van der Waals surface area contributed by atoms with Crippen LogP contribution in [0.2, 0.25) is 0 Å². The highest BCUT2D eigenvalue weighted by atomic mass is 15.3. The van der Waals surface area contributed by atoms with E-state index in [1.807, 2.05) is 56.1 Å². The molecule has 0 saturated carbocycles. The van der Waals surface area contributed by atoms with Gasteiger partial charge in [-0.05, 0) is 19.1 Å². The van der Waals surface area contributed by atoms with Gasteiger partial charge in [-0.2, -0.15) is 0 Å². The second kappa shape index (κ2) is 5.67. The molecule has 3 N–H and O–H groups in total. The summed E-state index contributed by atoms with van der Waals surface area (Å²) in [6.45, 7) is 3.99. The van der Waals surface area contributed by atoms with Gasteiger partial charge in [0.2, 0.25) is 0 Å². The number of nitrogens with one attached hydrogen (secondary N) is 1. The number of hydrazine groups is 1. The van der Waals surface area contributed by atoms with Gasteiger partial charge in [0.05, 0.1) is 0 Å². The monoisotopic (exact) mass is 257 g/mol. The van der Waals surface area contributed by atoms with Gasteiger partial charge in [0, 0.05) is 24.7 Å². The van der Waals surface area contributed by atoms with Gasteiger partial charge in [0.1, 0.15) is 17.5 Å². The maximum absolute atomic E-state index is 5.52. The van der Waals surface area contributed by atoms with Gasteiger partial charge < -0.3 is 10.3 Å². The number of hydrogen-bond donors (Lipinski definition) is 2. The van der Waals surface area contributed by atoms with Gasteiger partial charge in [-0.15, -0.1) is 0 Å². The predicted octanol–water partition coefficient (Wildman–Crippen LogP) is 2.40. The summed E-state index contributed by atoms with van der Waals surface area (Å²) in [4.78, 5) is 11.0. The van der Waals surface area contributed by atoms with Crippen molar-refractivity contribution in [1.82, 2.24) is 9.97 Å². The van der Waals surface area contributed by atoms with Gasteiger partial charge in [-0.1, -0.05) is 25.1 Å². The molecule has 0 unspecified atom stereocenters. The van der Waals surface area contributed by atoms with Crippen molar-refractivity contribution in [1.29, 1.82) is 0 Å². The number of benzene rings is 1. The minimum atomic E-state index is 0.671. The van der Waals surface area contributed by atoms with Crippen molar-refractivity contribution in [3.8, 4) is 0 Å². The zero-order valence-corrected chi connectivity index (χ0v) is 11.5. The smallest absolute Gasteiger partial charge is 0.148 e. The lowest BCUT2D eigenvalue weighted by Gasteiger charge is -2.22. The summed E-state index contributed by atoms with van der Waals surface area (Å²) in [7, 11) is 1.99. The topological polar surface area (TPSA) is 67.1 Å². The number of aryl methyl sites for hydroxylation is 1. The standard InChI is InChI=1S/C14H19N5/c1-4-12-16-13(18-15)10(2)14(17-12)19(3)11-8-6-5-7-9-11/h5-9H,4,15H2,1-3H3,(H,16,17,18). The Morgan fingerprint density at radius 1 is 1.21 bits per heavy atom. The van der Waals surface area contributed by atoms with E-state index in [0.29, 0.717) is 5.82 Å². The van der Waals surface area contributed by atoms with Crippen LogP contribution in [0, 0.1) is 6.92 Å². The van der Waals surface area contributed by atoms with Crippen molar-refractivity contribution < 1.29 is 0 Å². The van der Waals surface area contributed by atoms with Gasteiger partial charge in [-0.3, -0.25) is 0 Å². The first kappa shape index (κ1) is 13.3. The van der Waals surface area contributed by atoms with Crippen LogP contribution in [-0.4, -0.2) is 17.0 Å². The van der Waals surface area contributed by atoms with Crippen LogP contribution in [0.1, 0.15) is 18.3 Å². The van der Waals surface area contributed by atoms with Crippen molar-refractivity contribution in [2.45, 2.75) is 20.3 Å². The highest BCUT2D eigenvalue weighted by molar-refractivity contribution is 5.66. The Balaban J connectivity index is 2.49. The van der Waals surface area contributed by atoms with Crippen LogP contribution in [0.5, 0.6) is 0 Å². The summed E-state index contributed by atoms with van der Waals surface area (Å²) in [5.74, 6) is 7.84. The summed E-state index contributed by atoms with van der Waals surface area (Å²) in [5, 5.41) is 0. The lowest BCUT2D eigenvalue weighted by Crippen LogP contribution is -2.18. The molecule has 0 saturated heterocycles. The van der Waals surface area contributed by atoms with Gasteiger partial charge >= 0.3 is 0 Å². The van der Waals surface area contributed by atoms with E-state index in [2.05, 4.69) is 15.4 Å². The Labute approximate surface area is 113 Å². The third-order valence-electron chi connectivity index (χ3n) is 3.08. The van der Waals surface area contributed by atoms with Crippen LogP contribution in [-0.2, 0) is 6.42 Å². The van der Waals surface area contributed by atoms with E-state index < -0.39 is 0 Å². The molecule has 2 aromatic rings. The molecule has 0 fully saturated rings. The van der Waals surface area contributed by atoms with Crippen molar-refractivity contribution in [2.75, 3.05) is 17.4 Å². The molecule has 0 radical (unpaired) electrons. The fourth-order valence-electron chi connectivity index (χ4n) is 1.95. The summed E-state index contributed by atoms with van der Waals surface area (Å²) in [6.07, 6.45) is 0.768. The highest BCUT2D eigenvalue weighted by Gasteiger charge is 2.14. The average Bonchev–Trinajstić information content (AvgIpc) is 2.47. The molecule has 0 aliphatic heterocycles. The van der Waals surface area contributed by atoms with Crippen LogP contribution in [0.3, 0.4) is 0 Å². The fourth-order valence-corrected chi connectivity index (χ4v) is 1.95. The third-order valence-corrected chi connectivity index (χ3v) is 3.08. The van der Waals surface area contributed by atoms with Gasteiger partial charge in [0.25, 0.3) is 0 Å². The number of rotatable bonds is 4. The Hall–Kier alpha value is -2.14. The van der Waals surface area contributed by atoms with E-state index in [0.717, 1.165) is 29.3 Å². The van der Waals surface area contributed by atoms with Crippen LogP contribution in [0.4, 0.5) is 17.3 Å². The maximum Gasteiger partial charge on any atom is 0.148 e. The minimum Gasteiger partial charge on any atom is -0.329 e. The molecule has 100 valence electrons. The summed E-state index contributed by atoms with van der Waals surface area (Å²) in [5.41, 5.74) is 4.65. The largest absolute Gasteiger partial charge is 0.329 e. The summed E-state index contributed by atoms with van der Waals surface area (Å²) >= 11 is 0. The van der Waals surface area contributed by atoms with Crippen LogP contribution in [0.25, 0.3) is 0 Å². The molecule has 1 aromatic carbocycles. The molecule has 0 spiro atoms. The normalized spacial score (nSPS) is 10.3. The van der Waals surface area contributed by atoms with E-state index >= 15 is 0 Å². The molecular formula is C14H19N5. The predicted molar refractivity (Wildman–Crippen MR) is 78.5 cm³/mol. The number of anilines is 3. The van der Waals surface area contributed by atoms with E-state index in [9.17, 15) is 0 Å². The lowest BCUT2D eigenvalue weighted by molar-refractivity contribution is 0.913. The molecule has 1 heterocycles. The molecule has 0 atom stereocenters. The van der Waals surface area contributed by atoms with Crippen molar-refractivity contribution in [3.05, 3.63) is 41.7 Å². The molecule has 5 heteroatoms. The average molecular weight is 257 g/mol. The zero-order valence-electron chi connectivity index (χ0n) is 11.5. The quantitative estimate of drug-likeness (QED) is 0.650.